The zero-order valence-electron chi connectivity index (χ0n) is 15.2. The lowest BCUT2D eigenvalue weighted by Crippen LogP contribution is -2.39. The topological polar surface area (TPSA) is 65.1 Å². The molecule has 3 N–H and O–H groups in total. The van der Waals surface area contributed by atoms with E-state index in [0.717, 1.165) is 36.1 Å². The Morgan fingerprint density at radius 1 is 1.19 bits per heavy atom. The molecule has 2 heterocycles. The molecule has 3 rings (SSSR count). The molecule has 6 heteroatoms. The first-order chi connectivity index (χ1) is 12.8. The highest BCUT2D eigenvalue weighted by Crippen LogP contribution is 2.19. The minimum atomic E-state index is 0.451. The molecule has 1 aromatic carbocycles. The van der Waals surface area contributed by atoms with E-state index >= 15 is 0 Å². The van der Waals surface area contributed by atoms with Gasteiger partial charge < -0.3 is 15.6 Å². The maximum absolute atomic E-state index is 4.65. The van der Waals surface area contributed by atoms with Crippen molar-refractivity contribution in [3.8, 4) is 11.3 Å². The lowest BCUT2D eigenvalue weighted by atomic mass is 10.1. The first-order valence-electron chi connectivity index (χ1n) is 8.91. The number of aromatic nitrogens is 2. The molecule has 1 atom stereocenters. The summed E-state index contributed by atoms with van der Waals surface area (Å²) in [5.74, 6) is 2.12. The molecule has 26 heavy (non-hydrogen) atoms. The monoisotopic (exact) mass is 367 g/mol. The van der Waals surface area contributed by atoms with Gasteiger partial charge in [-0.15, -0.1) is 11.3 Å². The molecule has 0 saturated heterocycles. The van der Waals surface area contributed by atoms with Crippen LogP contribution < -0.4 is 10.6 Å². The number of benzene rings is 1. The highest BCUT2D eigenvalue weighted by atomic mass is 32.1. The van der Waals surface area contributed by atoms with Crippen LogP contribution in [0.5, 0.6) is 0 Å². The van der Waals surface area contributed by atoms with Gasteiger partial charge in [-0.05, 0) is 23.9 Å². The van der Waals surface area contributed by atoms with Gasteiger partial charge in [0, 0.05) is 23.9 Å². The van der Waals surface area contributed by atoms with Crippen LogP contribution in [-0.4, -0.2) is 29.0 Å². The van der Waals surface area contributed by atoms with E-state index < -0.39 is 0 Å². The maximum Gasteiger partial charge on any atom is 0.191 e. The number of hydrogen-bond acceptors (Lipinski definition) is 3. The summed E-state index contributed by atoms with van der Waals surface area (Å²) in [6.07, 6.45) is 1.86. The minimum absolute atomic E-state index is 0.451. The third-order valence-electron chi connectivity index (χ3n) is 4.05. The van der Waals surface area contributed by atoms with Crippen molar-refractivity contribution in [2.75, 3.05) is 13.1 Å². The summed E-state index contributed by atoms with van der Waals surface area (Å²) >= 11 is 1.79. The van der Waals surface area contributed by atoms with Gasteiger partial charge in [0.25, 0.3) is 0 Å². The van der Waals surface area contributed by atoms with Crippen LogP contribution in [0.1, 0.15) is 30.5 Å². The molecule has 0 bridgehead atoms. The van der Waals surface area contributed by atoms with E-state index in [1.165, 1.54) is 4.88 Å². The second-order valence-electron chi connectivity index (χ2n) is 6.10. The molecule has 136 valence electrons. The summed E-state index contributed by atoms with van der Waals surface area (Å²) in [6.45, 7) is 6.48. The van der Waals surface area contributed by atoms with Crippen molar-refractivity contribution in [3.63, 3.8) is 0 Å². The molecule has 3 aromatic rings. The molecular weight excluding hydrogens is 342 g/mol. The Kier molecular flexibility index (Phi) is 6.44. The molecule has 0 amide bonds. The van der Waals surface area contributed by atoms with E-state index in [-0.39, 0.29) is 0 Å². The molecule has 0 radical (unpaired) electrons. The van der Waals surface area contributed by atoms with E-state index in [2.05, 4.69) is 69.1 Å². The molecule has 0 aliphatic heterocycles. The van der Waals surface area contributed by atoms with Crippen molar-refractivity contribution < 1.29 is 0 Å². The second-order valence-corrected chi connectivity index (χ2v) is 7.08. The van der Waals surface area contributed by atoms with Crippen LogP contribution in [0.3, 0.4) is 0 Å². The molecule has 2 aromatic heterocycles. The van der Waals surface area contributed by atoms with Crippen LogP contribution in [-0.2, 0) is 6.54 Å². The lowest BCUT2D eigenvalue weighted by Gasteiger charge is -2.14. The van der Waals surface area contributed by atoms with Crippen molar-refractivity contribution in [1.29, 1.82) is 0 Å². The van der Waals surface area contributed by atoms with E-state index in [0.29, 0.717) is 12.5 Å². The Labute approximate surface area is 158 Å². The quantitative estimate of drug-likeness (QED) is 0.437. The number of aliphatic imine (C=N–C) groups is 1. The molecule has 0 aliphatic rings. The second kappa shape index (κ2) is 9.20. The van der Waals surface area contributed by atoms with Gasteiger partial charge in [-0.3, -0.25) is 0 Å². The zero-order valence-corrected chi connectivity index (χ0v) is 16.0. The summed E-state index contributed by atoms with van der Waals surface area (Å²) < 4.78 is 0. The average molecular weight is 368 g/mol. The number of hydrogen-bond donors (Lipinski definition) is 3. The highest BCUT2D eigenvalue weighted by molar-refractivity contribution is 7.10. The fourth-order valence-electron chi connectivity index (χ4n) is 2.62. The predicted molar refractivity (Wildman–Crippen MR) is 110 cm³/mol. The first-order valence-corrected chi connectivity index (χ1v) is 9.79. The van der Waals surface area contributed by atoms with Crippen LogP contribution in [0.25, 0.3) is 11.3 Å². The average Bonchev–Trinajstić information content (AvgIpc) is 3.36. The largest absolute Gasteiger partial charge is 0.357 e. The zero-order chi connectivity index (χ0) is 18.2. The summed E-state index contributed by atoms with van der Waals surface area (Å²) in [6, 6.07) is 14.5. The summed E-state index contributed by atoms with van der Waals surface area (Å²) in [7, 11) is 0. The number of nitrogens with zero attached hydrogens (tertiary/aromatic N) is 2. The fourth-order valence-corrected chi connectivity index (χ4v) is 3.41. The number of H-pyrrole nitrogens is 1. The molecule has 5 nitrogen and oxygen atoms in total. The third kappa shape index (κ3) is 4.95. The van der Waals surface area contributed by atoms with Gasteiger partial charge in [0.2, 0.25) is 0 Å². The van der Waals surface area contributed by atoms with E-state index in [1.807, 2.05) is 24.4 Å². The van der Waals surface area contributed by atoms with Gasteiger partial charge in [-0.25, -0.2) is 9.98 Å². The van der Waals surface area contributed by atoms with E-state index in [1.54, 1.807) is 11.3 Å². The van der Waals surface area contributed by atoms with Crippen molar-refractivity contribution in [2.45, 2.75) is 26.3 Å². The van der Waals surface area contributed by atoms with Crippen LogP contribution in [0.15, 0.2) is 59.0 Å². The Hall–Kier alpha value is -2.60. The summed E-state index contributed by atoms with van der Waals surface area (Å²) in [5, 5.41) is 8.83. The number of nitrogens with one attached hydrogen (secondary N) is 3. The molecule has 1 unspecified atom stereocenters. The van der Waals surface area contributed by atoms with Gasteiger partial charge in [0.05, 0.1) is 11.9 Å². The number of guanidine groups is 1. The Bertz CT molecular complexity index is 808. The fraction of sp³-hybridized carbons (Fsp3) is 0.300. The number of rotatable bonds is 7. The van der Waals surface area contributed by atoms with Crippen LogP contribution >= 0.6 is 11.3 Å². The summed E-state index contributed by atoms with van der Waals surface area (Å²) in [5.41, 5.74) is 2.14. The van der Waals surface area contributed by atoms with E-state index in [9.17, 15) is 0 Å². The van der Waals surface area contributed by atoms with Crippen LogP contribution in [0, 0.1) is 0 Å². The highest BCUT2D eigenvalue weighted by Gasteiger charge is 2.08. The Balaban J connectivity index is 1.59. The third-order valence-corrected chi connectivity index (χ3v) is 5.15. The molecule has 0 spiro atoms. The first kappa shape index (κ1) is 18.2. The smallest absolute Gasteiger partial charge is 0.191 e. The molecular formula is C20H25N5S. The number of thiophene rings is 1. The SMILES string of the molecule is CCNC(=NCc1ncc(-c2ccccc2)[nH]1)NCC(C)c1cccs1. The lowest BCUT2D eigenvalue weighted by molar-refractivity contribution is 0.708. The Morgan fingerprint density at radius 2 is 2.04 bits per heavy atom. The minimum Gasteiger partial charge on any atom is -0.357 e. The molecule has 0 saturated carbocycles. The van der Waals surface area contributed by atoms with Crippen molar-refractivity contribution >= 4 is 17.3 Å². The predicted octanol–water partition coefficient (Wildman–Crippen LogP) is 4.00. The van der Waals surface area contributed by atoms with Gasteiger partial charge in [-0.1, -0.05) is 43.3 Å². The number of aromatic amines is 1. The normalized spacial score (nSPS) is 12.8. The van der Waals surface area contributed by atoms with Gasteiger partial charge in [0.1, 0.15) is 12.4 Å². The maximum atomic E-state index is 4.65. The van der Waals surface area contributed by atoms with E-state index in [4.69, 9.17) is 0 Å². The van der Waals surface area contributed by atoms with Gasteiger partial charge in [0.15, 0.2) is 5.96 Å². The molecule has 0 aliphatic carbocycles. The van der Waals surface area contributed by atoms with Crippen molar-refractivity contribution in [1.82, 2.24) is 20.6 Å². The Morgan fingerprint density at radius 3 is 2.77 bits per heavy atom. The standard InChI is InChI=1S/C20H25N5S/c1-3-21-20(23-12-15(2)18-10-7-11-26-18)24-14-19-22-13-17(25-19)16-8-5-4-6-9-16/h4-11,13,15H,3,12,14H2,1-2H3,(H,22,25)(H2,21,23,24). The van der Waals surface area contributed by atoms with Crippen molar-refractivity contribution in [2.24, 2.45) is 4.99 Å². The van der Waals surface area contributed by atoms with Gasteiger partial charge >= 0.3 is 0 Å². The van der Waals surface area contributed by atoms with Crippen molar-refractivity contribution in [3.05, 3.63) is 64.7 Å². The number of imidazole rings is 1. The van der Waals surface area contributed by atoms with Crippen LogP contribution in [0.2, 0.25) is 0 Å². The van der Waals surface area contributed by atoms with Gasteiger partial charge in [-0.2, -0.15) is 0 Å². The van der Waals surface area contributed by atoms with Crippen LogP contribution in [0.4, 0.5) is 0 Å². The summed E-state index contributed by atoms with van der Waals surface area (Å²) in [4.78, 5) is 13.8. The molecule has 0 fully saturated rings.